The minimum absolute atomic E-state index is 0.0441. The lowest BCUT2D eigenvalue weighted by molar-refractivity contribution is 0.0703. The Morgan fingerprint density at radius 1 is 1.05 bits per heavy atom. The largest absolute Gasteiger partial charge is 0.491 e. The molecule has 9 heteroatoms. The van der Waals surface area contributed by atoms with Crippen molar-refractivity contribution in [3.05, 3.63) is 71.7 Å². The van der Waals surface area contributed by atoms with Crippen molar-refractivity contribution < 1.29 is 18.7 Å². The van der Waals surface area contributed by atoms with Crippen LogP contribution in [0.5, 0.6) is 5.75 Å². The van der Waals surface area contributed by atoms with E-state index in [1.54, 1.807) is 7.11 Å². The highest BCUT2D eigenvalue weighted by Gasteiger charge is 2.41. The van der Waals surface area contributed by atoms with Crippen molar-refractivity contribution >= 4 is 23.4 Å². The third-order valence-electron chi connectivity index (χ3n) is 7.79. The average molecular weight is 548 g/mol. The van der Waals surface area contributed by atoms with Gasteiger partial charge in [-0.2, -0.15) is 4.98 Å². The Morgan fingerprint density at radius 2 is 1.80 bits per heavy atom. The normalized spacial score (nSPS) is 18.9. The molecule has 1 N–H and O–H groups in total. The number of methoxy groups -OCH3 is 1. The van der Waals surface area contributed by atoms with Gasteiger partial charge in [0, 0.05) is 44.0 Å². The number of aromatic nitrogens is 2. The first-order valence-corrected chi connectivity index (χ1v) is 13.9. The molecule has 2 aliphatic rings. The van der Waals surface area contributed by atoms with Gasteiger partial charge < -0.3 is 24.6 Å². The number of hydrogen-bond donors (Lipinski definition) is 1. The van der Waals surface area contributed by atoms with Crippen LogP contribution >= 0.6 is 0 Å². The van der Waals surface area contributed by atoms with Gasteiger partial charge in [0.2, 0.25) is 5.95 Å². The van der Waals surface area contributed by atoms with Crippen molar-refractivity contribution in [2.24, 2.45) is 5.92 Å². The van der Waals surface area contributed by atoms with Crippen LogP contribution in [0, 0.1) is 11.7 Å². The van der Waals surface area contributed by atoms with E-state index in [-0.39, 0.29) is 29.1 Å². The third kappa shape index (κ3) is 6.20. The lowest BCUT2D eigenvalue weighted by atomic mass is 9.86. The molecule has 2 aromatic carbocycles. The Kier molecular flexibility index (Phi) is 8.21. The molecule has 1 aromatic heterocycles. The standard InChI is InChI=1S/C31H38FN5O3/c1-31(2,3)23-7-5-21(6-8-23)29(38)37-16-13-22-20-36(15-14-27(22)37)28-26(32)19-33-30(35-28)34-24-9-11-25(12-10-24)40-18-17-39-4/h5-12,19,22,27H,13-18,20H2,1-4H3,(H,33,34,35). The maximum absolute atomic E-state index is 14.9. The average Bonchev–Trinajstić information content (AvgIpc) is 3.38. The molecule has 2 atom stereocenters. The van der Waals surface area contributed by atoms with Crippen LogP contribution in [0.4, 0.5) is 21.8 Å². The van der Waals surface area contributed by atoms with Gasteiger partial charge in [0.1, 0.15) is 12.4 Å². The second-order valence-corrected chi connectivity index (χ2v) is 11.5. The molecule has 3 aromatic rings. The number of carbonyl (C=O) groups is 1. The summed E-state index contributed by atoms with van der Waals surface area (Å²) in [4.78, 5) is 26.0. The summed E-state index contributed by atoms with van der Waals surface area (Å²) in [6.45, 7) is 9.48. The van der Waals surface area contributed by atoms with Gasteiger partial charge in [0.05, 0.1) is 12.8 Å². The lowest BCUT2D eigenvalue weighted by Crippen LogP contribution is -2.48. The van der Waals surface area contributed by atoms with E-state index in [0.717, 1.165) is 29.8 Å². The Balaban J connectivity index is 1.22. The lowest BCUT2D eigenvalue weighted by Gasteiger charge is -2.38. The van der Waals surface area contributed by atoms with Crippen LogP contribution in [0.2, 0.25) is 0 Å². The molecule has 0 saturated carbocycles. The topological polar surface area (TPSA) is 79.8 Å². The molecule has 2 fully saturated rings. The monoisotopic (exact) mass is 547 g/mol. The third-order valence-corrected chi connectivity index (χ3v) is 7.79. The fourth-order valence-corrected chi connectivity index (χ4v) is 5.55. The van der Waals surface area contributed by atoms with Gasteiger partial charge >= 0.3 is 0 Å². The summed E-state index contributed by atoms with van der Waals surface area (Å²) in [6.07, 6.45) is 2.88. The van der Waals surface area contributed by atoms with E-state index in [0.29, 0.717) is 38.8 Å². The van der Waals surface area contributed by atoms with E-state index in [1.165, 1.54) is 11.8 Å². The molecule has 1 amide bonds. The molecular weight excluding hydrogens is 509 g/mol. The number of nitrogens with one attached hydrogen (secondary N) is 1. The number of benzene rings is 2. The van der Waals surface area contributed by atoms with Crippen LogP contribution in [-0.2, 0) is 10.2 Å². The Morgan fingerprint density at radius 3 is 2.50 bits per heavy atom. The predicted octanol–water partition coefficient (Wildman–Crippen LogP) is 5.42. The zero-order valence-corrected chi connectivity index (χ0v) is 23.7. The number of rotatable bonds is 8. The molecule has 0 radical (unpaired) electrons. The van der Waals surface area contributed by atoms with Crippen molar-refractivity contribution in [2.75, 3.05) is 50.2 Å². The van der Waals surface area contributed by atoms with Gasteiger partial charge in [0.15, 0.2) is 11.6 Å². The van der Waals surface area contributed by atoms with E-state index in [4.69, 9.17) is 9.47 Å². The number of halogens is 1. The second kappa shape index (κ2) is 11.8. The van der Waals surface area contributed by atoms with Crippen molar-refractivity contribution in [3.63, 3.8) is 0 Å². The number of piperidine rings is 1. The van der Waals surface area contributed by atoms with Crippen molar-refractivity contribution in [1.29, 1.82) is 0 Å². The van der Waals surface area contributed by atoms with E-state index in [9.17, 15) is 9.18 Å². The zero-order valence-electron chi connectivity index (χ0n) is 23.7. The smallest absolute Gasteiger partial charge is 0.254 e. The maximum atomic E-state index is 14.9. The van der Waals surface area contributed by atoms with Crippen LogP contribution in [0.1, 0.15) is 49.5 Å². The second-order valence-electron chi connectivity index (χ2n) is 11.5. The highest BCUT2D eigenvalue weighted by atomic mass is 19.1. The van der Waals surface area contributed by atoms with Crippen molar-refractivity contribution in [3.8, 4) is 5.75 Å². The van der Waals surface area contributed by atoms with Crippen LogP contribution in [-0.4, -0.2) is 66.8 Å². The molecule has 5 rings (SSSR count). The van der Waals surface area contributed by atoms with Crippen LogP contribution in [0.3, 0.4) is 0 Å². The first kappa shape index (κ1) is 27.8. The first-order valence-electron chi connectivity index (χ1n) is 13.9. The quantitative estimate of drug-likeness (QED) is 0.377. The summed E-state index contributed by atoms with van der Waals surface area (Å²) < 4.78 is 25.5. The van der Waals surface area contributed by atoms with E-state index < -0.39 is 5.82 Å². The Labute approximate surface area is 235 Å². The van der Waals surface area contributed by atoms with Gasteiger partial charge in [-0.05, 0) is 66.1 Å². The summed E-state index contributed by atoms with van der Waals surface area (Å²) in [5, 5.41) is 3.16. The molecule has 40 heavy (non-hydrogen) atoms. The van der Waals surface area contributed by atoms with Gasteiger partial charge in [-0.15, -0.1) is 0 Å². The number of fused-ring (bicyclic) bond motifs is 1. The first-order chi connectivity index (χ1) is 19.2. The number of hydrogen-bond acceptors (Lipinski definition) is 7. The summed E-state index contributed by atoms with van der Waals surface area (Å²) in [5.74, 6) is 1.25. The molecular formula is C31H38FN5O3. The highest BCUT2D eigenvalue weighted by molar-refractivity contribution is 5.94. The van der Waals surface area contributed by atoms with Gasteiger partial charge in [-0.3, -0.25) is 4.79 Å². The fourth-order valence-electron chi connectivity index (χ4n) is 5.55. The molecule has 0 spiro atoms. The molecule has 212 valence electrons. The Hall–Kier alpha value is -3.72. The SMILES string of the molecule is COCCOc1ccc(Nc2ncc(F)c(N3CCC4C(CCN4C(=O)c4ccc(C(C)(C)C)cc4)C3)n2)cc1. The Bertz CT molecular complexity index is 1310. The van der Waals surface area contributed by atoms with Crippen molar-refractivity contribution in [1.82, 2.24) is 14.9 Å². The molecule has 3 heterocycles. The minimum Gasteiger partial charge on any atom is -0.491 e. The molecule has 0 aliphatic carbocycles. The van der Waals surface area contributed by atoms with Crippen LogP contribution in [0.25, 0.3) is 0 Å². The van der Waals surface area contributed by atoms with Crippen LogP contribution in [0.15, 0.2) is 54.7 Å². The number of amides is 1. The maximum Gasteiger partial charge on any atom is 0.254 e. The fraction of sp³-hybridized carbons (Fsp3) is 0.452. The van der Waals surface area contributed by atoms with E-state index >= 15 is 0 Å². The summed E-state index contributed by atoms with van der Waals surface area (Å²) in [5.41, 5.74) is 2.75. The van der Waals surface area contributed by atoms with E-state index in [2.05, 4.69) is 48.2 Å². The van der Waals surface area contributed by atoms with Gasteiger partial charge in [-0.1, -0.05) is 32.9 Å². The van der Waals surface area contributed by atoms with E-state index in [1.807, 2.05) is 46.2 Å². The summed E-state index contributed by atoms with van der Waals surface area (Å²) in [6, 6.07) is 15.6. The van der Waals surface area contributed by atoms with Gasteiger partial charge in [-0.25, -0.2) is 9.37 Å². The number of likely N-dealkylation sites (tertiary alicyclic amines) is 1. The molecule has 2 aliphatic heterocycles. The number of anilines is 3. The van der Waals surface area contributed by atoms with Crippen LogP contribution < -0.4 is 15.0 Å². The number of ether oxygens (including phenoxy) is 2. The van der Waals surface area contributed by atoms with Gasteiger partial charge in [0.25, 0.3) is 5.91 Å². The number of nitrogens with zero attached hydrogens (tertiary/aromatic N) is 4. The summed E-state index contributed by atoms with van der Waals surface area (Å²) in [7, 11) is 1.63. The summed E-state index contributed by atoms with van der Waals surface area (Å²) >= 11 is 0. The minimum atomic E-state index is -0.448. The highest BCUT2D eigenvalue weighted by Crippen LogP contribution is 2.35. The molecule has 8 nitrogen and oxygen atoms in total. The predicted molar refractivity (Wildman–Crippen MR) is 154 cm³/mol. The molecule has 2 unspecified atom stereocenters. The molecule has 2 saturated heterocycles. The number of carbonyl (C=O) groups excluding carboxylic acids is 1. The van der Waals surface area contributed by atoms with Crippen molar-refractivity contribution in [2.45, 2.75) is 45.1 Å². The molecule has 0 bridgehead atoms. The zero-order chi connectivity index (χ0) is 28.3.